The van der Waals surface area contributed by atoms with Crippen LogP contribution < -0.4 is 10.3 Å². The first-order valence-electron chi connectivity index (χ1n) is 8.67. The molecule has 2 aromatic heterocycles. The summed E-state index contributed by atoms with van der Waals surface area (Å²) in [6.07, 6.45) is 7.65. The zero-order valence-corrected chi connectivity index (χ0v) is 14.0. The highest BCUT2D eigenvalue weighted by molar-refractivity contribution is 5.82. The van der Waals surface area contributed by atoms with Crippen molar-refractivity contribution in [2.45, 2.75) is 25.5 Å². The fourth-order valence-corrected chi connectivity index (χ4v) is 3.37. The van der Waals surface area contributed by atoms with E-state index in [0.29, 0.717) is 5.39 Å². The van der Waals surface area contributed by atoms with Crippen molar-refractivity contribution in [1.82, 2.24) is 14.9 Å². The molecule has 3 aromatic rings. The Labute approximate surface area is 146 Å². The van der Waals surface area contributed by atoms with Gasteiger partial charge in [0.05, 0.1) is 0 Å². The number of piperidine rings is 1. The number of fused-ring (bicyclic) bond motifs is 1. The van der Waals surface area contributed by atoms with E-state index in [1.54, 1.807) is 12.4 Å². The SMILES string of the molecule is O=c1[nH]ccc2cc(OC3CCN(Cc4cccnc4)CC3)ccc12. The highest BCUT2D eigenvalue weighted by Crippen LogP contribution is 2.23. The molecule has 5 nitrogen and oxygen atoms in total. The average Bonchev–Trinajstić information content (AvgIpc) is 2.64. The Morgan fingerprint density at radius 2 is 2.08 bits per heavy atom. The highest BCUT2D eigenvalue weighted by atomic mass is 16.5. The number of pyridine rings is 2. The molecule has 25 heavy (non-hydrogen) atoms. The van der Waals surface area contributed by atoms with Crippen molar-refractivity contribution in [2.24, 2.45) is 0 Å². The molecular formula is C20H21N3O2. The Kier molecular flexibility index (Phi) is 4.48. The molecule has 1 aromatic carbocycles. The maximum Gasteiger partial charge on any atom is 0.255 e. The summed E-state index contributed by atoms with van der Waals surface area (Å²) in [4.78, 5) is 21.1. The van der Waals surface area contributed by atoms with Gasteiger partial charge >= 0.3 is 0 Å². The number of hydrogen-bond acceptors (Lipinski definition) is 4. The molecule has 5 heteroatoms. The highest BCUT2D eigenvalue weighted by Gasteiger charge is 2.20. The van der Waals surface area contributed by atoms with E-state index in [0.717, 1.165) is 43.6 Å². The summed E-state index contributed by atoms with van der Waals surface area (Å²) in [5, 5.41) is 1.61. The minimum atomic E-state index is -0.0623. The van der Waals surface area contributed by atoms with E-state index in [2.05, 4.69) is 20.9 Å². The predicted octanol–water partition coefficient (Wildman–Crippen LogP) is 2.97. The van der Waals surface area contributed by atoms with E-state index < -0.39 is 0 Å². The van der Waals surface area contributed by atoms with Crippen molar-refractivity contribution in [3.8, 4) is 5.75 Å². The Balaban J connectivity index is 1.36. The molecule has 0 unspecified atom stereocenters. The molecule has 1 aliphatic rings. The molecule has 128 valence electrons. The third-order valence-corrected chi connectivity index (χ3v) is 4.71. The van der Waals surface area contributed by atoms with Gasteiger partial charge in [-0.15, -0.1) is 0 Å². The zero-order chi connectivity index (χ0) is 17.1. The molecule has 1 aliphatic heterocycles. The number of ether oxygens (including phenoxy) is 1. The van der Waals surface area contributed by atoms with Gasteiger partial charge in [-0.1, -0.05) is 6.07 Å². The molecule has 1 N–H and O–H groups in total. The van der Waals surface area contributed by atoms with Crippen molar-refractivity contribution in [3.63, 3.8) is 0 Å². The smallest absolute Gasteiger partial charge is 0.255 e. The van der Waals surface area contributed by atoms with E-state index in [1.165, 1.54) is 5.56 Å². The molecule has 0 amide bonds. The van der Waals surface area contributed by atoms with Gasteiger partial charge in [0.2, 0.25) is 0 Å². The Hall–Kier alpha value is -2.66. The number of nitrogens with zero attached hydrogens (tertiary/aromatic N) is 2. The molecule has 0 atom stereocenters. The maximum absolute atomic E-state index is 11.8. The Bertz CT molecular complexity index is 899. The Morgan fingerprint density at radius 3 is 2.88 bits per heavy atom. The molecule has 0 aliphatic carbocycles. The molecule has 3 heterocycles. The van der Waals surface area contributed by atoms with Gasteiger partial charge in [0.15, 0.2) is 0 Å². The number of aromatic amines is 1. The second-order valence-electron chi connectivity index (χ2n) is 6.51. The van der Waals surface area contributed by atoms with Crippen LogP contribution in [-0.2, 0) is 6.54 Å². The largest absolute Gasteiger partial charge is 0.490 e. The minimum absolute atomic E-state index is 0.0623. The van der Waals surface area contributed by atoms with Gasteiger partial charge < -0.3 is 9.72 Å². The zero-order valence-electron chi connectivity index (χ0n) is 14.0. The quantitative estimate of drug-likeness (QED) is 0.796. The van der Waals surface area contributed by atoms with Crippen molar-refractivity contribution in [3.05, 3.63) is 70.9 Å². The maximum atomic E-state index is 11.8. The van der Waals surface area contributed by atoms with E-state index in [4.69, 9.17) is 4.74 Å². The average molecular weight is 335 g/mol. The standard InChI is InChI=1S/C20H21N3O2/c24-20-19-4-3-18(12-16(19)5-9-22-20)25-17-6-10-23(11-7-17)14-15-2-1-8-21-13-15/h1-5,8-9,12-13,17H,6-7,10-11,14H2,(H,22,24). The van der Waals surface area contributed by atoms with Crippen LogP contribution in [0.3, 0.4) is 0 Å². The fraction of sp³-hybridized carbons (Fsp3) is 0.300. The molecule has 1 saturated heterocycles. The molecule has 0 saturated carbocycles. The number of aromatic nitrogens is 2. The Morgan fingerprint density at radius 1 is 1.20 bits per heavy atom. The third-order valence-electron chi connectivity index (χ3n) is 4.71. The topological polar surface area (TPSA) is 58.2 Å². The van der Waals surface area contributed by atoms with Crippen LogP contribution in [0.5, 0.6) is 5.75 Å². The monoisotopic (exact) mass is 335 g/mol. The lowest BCUT2D eigenvalue weighted by molar-refractivity contribution is 0.0969. The van der Waals surface area contributed by atoms with Crippen LogP contribution in [-0.4, -0.2) is 34.1 Å². The fourth-order valence-electron chi connectivity index (χ4n) is 3.37. The molecule has 0 radical (unpaired) electrons. The van der Waals surface area contributed by atoms with Crippen LogP contribution >= 0.6 is 0 Å². The summed E-state index contributed by atoms with van der Waals surface area (Å²) < 4.78 is 6.15. The van der Waals surface area contributed by atoms with Gasteiger partial charge in [0.25, 0.3) is 5.56 Å². The summed E-state index contributed by atoms with van der Waals surface area (Å²) >= 11 is 0. The van der Waals surface area contributed by atoms with Crippen LogP contribution in [0.25, 0.3) is 10.8 Å². The molecular weight excluding hydrogens is 314 g/mol. The number of likely N-dealkylation sites (tertiary alicyclic amines) is 1. The number of nitrogens with one attached hydrogen (secondary N) is 1. The van der Waals surface area contributed by atoms with Gasteiger partial charge in [0, 0.05) is 43.6 Å². The van der Waals surface area contributed by atoms with Crippen molar-refractivity contribution < 1.29 is 4.74 Å². The first kappa shape index (κ1) is 15.8. The lowest BCUT2D eigenvalue weighted by Gasteiger charge is -2.32. The summed E-state index contributed by atoms with van der Waals surface area (Å²) in [5.74, 6) is 0.837. The van der Waals surface area contributed by atoms with Gasteiger partial charge in [-0.2, -0.15) is 0 Å². The van der Waals surface area contributed by atoms with E-state index in [-0.39, 0.29) is 11.7 Å². The van der Waals surface area contributed by atoms with Gasteiger partial charge in [-0.05, 0) is 54.1 Å². The third kappa shape index (κ3) is 3.72. The number of hydrogen-bond donors (Lipinski definition) is 1. The first-order chi connectivity index (χ1) is 12.3. The molecule has 1 fully saturated rings. The van der Waals surface area contributed by atoms with E-state index >= 15 is 0 Å². The summed E-state index contributed by atoms with van der Waals surface area (Å²) in [6.45, 7) is 2.99. The van der Waals surface area contributed by atoms with E-state index in [1.807, 2.05) is 36.5 Å². The second kappa shape index (κ2) is 7.07. The van der Waals surface area contributed by atoms with Crippen LogP contribution in [0.4, 0.5) is 0 Å². The summed E-state index contributed by atoms with van der Waals surface area (Å²) in [7, 11) is 0. The van der Waals surface area contributed by atoms with Gasteiger partial charge in [-0.25, -0.2) is 0 Å². The van der Waals surface area contributed by atoms with Crippen molar-refractivity contribution in [1.29, 1.82) is 0 Å². The van der Waals surface area contributed by atoms with Gasteiger partial charge in [0.1, 0.15) is 11.9 Å². The number of rotatable bonds is 4. The molecule has 0 bridgehead atoms. The second-order valence-corrected chi connectivity index (χ2v) is 6.51. The first-order valence-corrected chi connectivity index (χ1v) is 8.67. The van der Waals surface area contributed by atoms with Crippen LogP contribution in [0.1, 0.15) is 18.4 Å². The molecule has 4 rings (SSSR count). The van der Waals surface area contributed by atoms with Crippen LogP contribution in [0.15, 0.2) is 59.8 Å². The lowest BCUT2D eigenvalue weighted by Crippen LogP contribution is -2.37. The normalized spacial score (nSPS) is 16.2. The van der Waals surface area contributed by atoms with Crippen molar-refractivity contribution in [2.75, 3.05) is 13.1 Å². The summed E-state index contributed by atoms with van der Waals surface area (Å²) in [6, 6.07) is 11.7. The number of H-pyrrole nitrogens is 1. The predicted molar refractivity (Wildman–Crippen MR) is 97.7 cm³/mol. The van der Waals surface area contributed by atoms with Crippen molar-refractivity contribution >= 4 is 10.8 Å². The molecule has 0 spiro atoms. The lowest BCUT2D eigenvalue weighted by atomic mass is 10.1. The number of benzene rings is 1. The van der Waals surface area contributed by atoms with Crippen LogP contribution in [0.2, 0.25) is 0 Å². The minimum Gasteiger partial charge on any atom is -0.490 e. The van der Waals surface area contributed by atoms with Crippen LogP contribution in [0, 0.1) is 0 Å². The van der Waals surface area contributed by atoms with Gasteiger partial charge in [-0.3, -0.25) is 14.7 Å². The summed E-state index contributed by atoms with van der Waals surface area (Å²) in [5.41, 5.74) is 1.19. The van der Waals surface area contributed by atoms with E-state index in [9.17, 15) is 4.79 Å².